The Kier molecular flexibility index (Phi) is 2.11. The minimum atomic E-state index is 0.533. The van der Waals surface area contributed by atoms with Crippen LogP contribution < -0.4 is 0 Å². The molecule has 20 heavy (non-hydrogen) atoms. The molecule has 4 aliphatic carbocycles. The zero-order chi connectivity index (χ0) is 13.3. The molecular weight excluding hydrogens is 242 g/mol. The SMILES string of the molecule is Cc1c(C23CC4CC(CC(C4)C2)C3)cn2ccccc12. The molecule has 0 N–H and O–H groups in total. The Morgan fingerprint density at radius 3 is 2.25 bits per heavy atom. The van der Waals surface area contributed by atoms with E-state index in [4.69, 9.17) is 0 Å². The lowest BCUT2D eigenvalue weighted by atomic mass is 9.48. The maximum atomic E-state index is 2.46. The quantitative estimate of drug-likeness (QED) is 0.703. The highest BCUT2D eigenvalue weighted by molar-refractivity contribution is 5.60. The molecule has 0 unspecified atom stereocenters. The summed E-state index contributed by atoms with van der Waals surface area (Å²) in [6.45, 7) is 2.35. The zero-order valence-corrected chi connectivity index (χ0v) is 12.3. The molecule has 4 fully saturated rings. The Balaban J connectivity index is 1.69. The van der Waals surface area contributed by atoms with E-state index in [9.17, 15) is 0 Å². The number of hydrogen-bond donors (Lipinski definition) is 0. The number of nitrogens with zero attached hydrogens (tertiary/aromatic N) is 1. The van der Waals surface area contributed by atoms with Gasteiger partial charge in [-0.1, -0.05) is 6.07 Å². The normalized spacial score (nSPS) is 38.8. The third-order valence-corrected chi connectivity index (χ3v) is 6.56. The topological polar surface area (TPSA) is 4.41 Å². The summed E-state index contributed by atoms with van der Waals surface area (Å²) in [6.07, 6.45) is 13.7. The van der Waals surface area contributed by atoms with Crippen molar-refractivity contribution in [2.75, 3.05) is 0 Å². The van der Waals surface area contributed by atoms with E-state index in [1.807, 2.05) is 0 Å². The molecule has 104 valence electrons. The molecule has 2 aromatic heterocycles. The van der Waals surface area contributed by atoms with Crippen molar-refractivity contribution in [3.8, 4) is 0 Å². The molecule has 0 atom stereocenters. The molecule has 4 aliphatic rings. The van der Waals surface area contributed by atoms with Crippen molar-refractivity contribution in [2.45, 2.75) is 50.9 Å². The van der Waals surface area contributed by atoms with Gasteiger partial charge in [0, 0.05) is 17.9 Å². The van der Waals surface area contributed by atoms with E-state index in [0.717, 1.165) is 17.8 Å². The summed E-state index contributed by atoms with van der Waals surface area (Å²) in [6, 6.07) is 6.60. The van der Waals surface area contributed by atoms with Gasteiger partial charge in [0.1, 0.15) is 0 Å². The third-order valence-electron chi connectivity index (χ3n) is 6.56. The van der Waals surface area contributed by atoms with Gasteiger partial charge in [-0.05, 0) is 91.9 Å². The first-order valence-electron chi connectivity index (χ1n) is 8.30. The van der Waals surface area contributed by atoms with Crippen LogP contribution in [0.3, 0.4) is 0 Å². The van der Waals surface area contributed by atoms with E-state index in [1.165, 1.54) is 44.0 Å². The second-order valence-electron chi connectivity index (χ2n) is 7.86. The number of fused-ring (bicyclic) bond motifs is 1. The predicted octanol–water partition coefficient (Wildman–Crippen LogP) is 4.72. The van der Waals surface area contributed by atoms with Crippen LogP contribution in [0.1, 0.15) is 49.7 Å². The average Bonchev–Trinajstić information content (AvgIpc) is 2.76. The van der Waals surface area contributed by atoms with Crippen LogP contribution in [0.5, 0.6) is 0 Å². The van der Waals surface area contributed by atoms with Crippen molar-refractivity contribution in [1.29, 1.82) is 0 Å². The maximum Gasteiger partial charge on any atom is 0.0482 e. The fourth-order valence-corrected chi connectivity index (χ4v) is 6.24. The van der Waals surface area contributed by atoms with Crippen molar-refractivity contribution in [1.82, 2.24) is 4.40 Å². The van der Waals surface area contributed by atoms with Crippen LogP contribution in [-0.4, -0.2) is 4.40 Å². The first-order valence-corrected chi connectivity index (χ1v) is 8.30. The van der Waals surface area contributed by atoms with Gasteiger partial charge < -0.3 is 4.40 Å². The number of aryl methyl sites for hydroxylation is 1. The number of aromatic nitrogens is 1. The van der Waals surface area contributed by atoms with Crippen LogP contribution in [0.2, 0.25) is 0 Å². The molecule has 0 aromatic carbocycles. The summed E-state index contributed by atoms with van der Waals surface area (Å²) in [5.74, 6) is 3.09. The van der Waals surface area contributed by atoms with Crippen LogP contribution in [0.4, 0.5) is 0 Å². The molecule has 0 spiro atoms. The van der Waals surface area contributed by atoms with Gasteiger partial charge in [-0.15, -0.1) is 0 Å². The summed E-state index contributed by atoms with van der Waals surface area (Å²) >= 11 is 0. The van der Waals surface area contributed by atoms with Crippen LogP contribution in [0.25, 0.3) is 5.52 Å². The van der Waals surface area contributed by atoms with E-state index >= 15 is 0 Å². The molecule has 2 aromatic rings. The van der Waals surface area contributed by atoms with Gasteiger partial charge in [-0.3, -0.25) is 0 Å². The molecule has 6 rings (SSSR count). The van der Waals surface area contributed by atoms with Gasteiger partial charge >= 0.3 is 0 Å². The minimum Gasteiger partial charge on any atom is -0.323 e. The Labute approximate surface area is 121 Å². The maximum absolute atomic E-state index is 2.46. The molecule has 2 heterocycles. The first-order chi connectivity index (χ1) is 9.73. The highest BCUT2D eigenvalue weighted by Crippen LogP contribution is 2.61. The average molecular weight is 265 g/mol. The fourth-order valence-electron chi connectivity index (χ4n) is 6.24. The van der Waals surface area contributed by atoms with Crippen molar-refractivity contribution >= 4 is 5.52 Å². The van der Waals surface area contributed by atoms with Crippen molar-refractivity contribution in [2.24, 2.45) is 17.8 Å². The largest absolute Gasteiger partial charge is 0.323 e. The molecule has 4 saturated carbocycles. The van der Waals surface area contributed by atoms with Gasteiger partial charge in [0.2, 0.25) is 0 Å². The highest BCUT2D eigenvalue weighted by Gasteiger charge is 2.52. The number of hydrogen-bond acceptors (Lipinski definition) is 0. The molecular formula is C19H23N. The molecule has 0 saturated heterocycles. The van der Waals surface area contributed by atoms with Crippen LogP contribution in [0.15, 0.2) is 30.6 Å². The number of pyridine rings is 1. The molecule has 0 radical (unpaired) electrons. The highest BCUT2D eigenvalue weighted by atomic mass is 14.9. The fraction of sp³-hybridized carbons (Fsp3) is 0.579. The summed E-state index contributed by atoms with van der Waals surface area (Å²) in [5.41, 5.74) is 5.18. The first kappa shape index (κ1) is 11.4. The van der Waals surface area contributed by atoms with Crippen molar-refractivity contribution in [3.63, 3.8) is 0 Å². The van der Waals surface area contributed by atoms with Gasteiger partial charge in [-0.2, -0.15) is 0 Å². The van der Waals surface area contributed by atoms with Gasteiger partial charge in [0.25, 0.3) is 0 Å². The van der Waals surface area contributed by atoms with Crippen molar-refractivity contribution < 1.29 is 0 Å². The van der Waals surface area contributed by atoms with E-state index in [0.29, 0.717) is 5.41 Å². The smallest absolute Gasteiger partial charge is 0.0482 e. The van der Waals surface area contributed by atoms with Gasteiger partial charge in [0.15, 0.2) is 0 Å². The Morgan fingerprint density at radius 1 is 1.00 bits per heavy atom. The van der Waals surface area contributed by atoms with E-state index in [1.54, 1.807) is 11.1 Å². The van der Waals surface area contributed by atoms with Crippen LogP contribution in [0, 0.1) is 24.7 Å². The Hall–Kier alpha value is -1.24. The third kappa shape index (κ3) is 1.39. The van der Waals surface area contributed by atoms with Gasteiger partial charge in [0.05, 0.1) is 0 Å². The number of rotatable bonds is 1. The predicted molar refractivity (Wildman–Crippen MR) is 82.0 cm³/mol. The monoisotopic (exact) mass is 265 g/mol. The lowest BCUT2D eigenvalue weighted by Gasteiger charge is -2.57. The zero-order valence-electron chi connectivity index (χ0n) is 12.3. The van der Waals surface area contributed by atoms with Gasteiger partial charge in [-0.25, -0.2) is 0 Å². The molecule has 0 amide bonds. The summed E-state index contributed by atoms with van der Waals surface area (Å²) < 4.78 is 2.35. The van der Waals surface area contributed by atoms with E-state index < -0.39 is 0 Å². The second kappa shape index (κ2) is 3.69. The standard InChI is InChI=1S/C19H23N/c1-13-17(12-20-5-3-2-4-18(13)20)19-9-14-6-15(10-19)8-16(7-14)11-19/h2-5,12,14-16H,6-11H2,1H3. The lowest BCUT2D eigenvalue weighted by Crippen LogP contribution is -2.48. The molecule has 0 aliphatic heterocycles. The summed E-state index contributed by atoms with van der Waals surface area (Å²) in [5, 5.41) is 0. The second-order valence-corrected chi connectivity index (χ2v) is 7.86. The Morgan fingerprint density at radius 2 is 1.65 bits per heavy atom. The van der Waals surface area contributed by atoms with Crippen molar-refractivity contribution in [3.05, 3.63) is 41.7 Å². The molecule has 1 heteroatoms. The van der Waals surface area contributed by atoms with Crippen LogP contribution >= 0.6 is 0 Å². The van der Waals surface area contributed by atoms with Crippen LogP contribution in [-0.2, 0) is 5.41 Å². The summed E-state index contributed by atoms with van der Waals surface area (Å²) in [4.78, 5) is 0. The van der Waals surface area contributed by atoms with E-state index in [-0.39, 0.29) is 0 Å². The Bertz CT molecular complexity index is 643. The minimum absolute atomic E-state index is 0.533. The lowest BCUT2D eigenvalue weighted by molar-refractivity contribution is -0.00538. The van der Waals surface area contributed by atoms with E-state index in [2.05, 4.69) is 41.9 Å². The summed E-state index contributed by atoms with van der Waals surface area (Å²) in [7, 11) is 0. The molecule has 1 nitrogen and oxygen atoms in total. The molecule has 4 bridgehead atoms.